The van der Waals surface area contributed by atoms with Crippen molar-refractivity contribution in [1.29, 1.82) is 0 Å². The SMILES string of the molecule is O=C(Nc1ccc(Cl)c(Br)c1)N1C2CCC1c1n[nH]c(=O)cc1C2. The molecule has 2 bridgehead atoms. The van der Waals surface area contributed by atoms with Gasteiger partial charge in [-0.2, -0.15) is 5.10 Å². The molecular weight excluding hydrogens is 396 g/mol. The lowest BCUT2D eigenvalue weighted by molar-refractivity contribution is 0.177. The van der Waals surface area contributed by atoms with Crippen molar-refractivity contribution in [3.8, 4) is 0 Å². The minimum Gasteiger partial charge on any atom is -0.313 e. The number of aromatic nitrogens is 2. The van der Waals surface area contributed by atoms with E-state index >= 15 is 0 Å². The number of benzene rings is 1. The molecule has 8 heteroatoms. The molecule has 1 saturated heterocycles. The molecule has 24 heavy (non-hydrogen) atoms. The predicted octanol–water partition coefficient (Wildman–Crippen LogP) is 3.48. The molecule has 2 aromatic rings. The van der Waals surface area contributed by atoms with Crippen molar-refractivity contribution >= 4 is 39.2 Å². The Bertz CT molecular complexity index is 885. The Labute approximate surface area is 151 Å². The first-order chi connectivity index (χ1) is 11.5. The van der Waals surface area contributed by atoms with E-state index in [9.17, 15) is 9.59 Å². The zero-order valence-electron chi connectivity index (χ0n) is 12.6. The maximum absolute atomic E-state index is 12.8. The van der Waals surface area contributed by atoms with Gasteiger partial charge in [-0.25, -0.2) is 9.89 Å². The Hall–Kier alpha value is -1.86. The highest BCUT2D eigenvalue weighted by Gasteiger charge is 2.43. The predicted molar refractivity (Wildman–Crippen MR) is 94.3 cm³/mol. The van der Waals surface area contributed by atoms with Gasteiger partial charge >= 0.3 is 6.03 Å². The molecule has 0 spiro atoms. The van der Waals surface area contributed by atoms with Crippen LogP contribution in [0.25, 0.3) is 0 Å². The molecular formula is C16H14BrClN4O2. The molecule has 6 nitrogen and oxygen atoms in total. The van der Waals surface area contributed by atoms with Gasteiger partial charge in [-0.15, -0.1) is 0 Å². The summed E-state index contributed by atoms with van der Waals surface area (Å²) in [5, 5.41) is 10.2. The summed E-state index contributed by atoms with van der Waals surface area (Å²) in [5.41, 5.74) is 2.23. The summed E-state index contributed by atoms with van der Waals surface area (Å²) in [5.74, 6) is 0. The summed E-state index contributed by atoms with van der Waals surface area (Å²) in [6.45, 7) is 0. The van der Waals surface area contributed by atoms with Crippen LogP contribution in [0.4, 0.5) is 10.5 Å². The summed E-state index contributed by atoms with van der Waals surface area (Å²) in [4.78, 5) is 26.1. The van der Waals surface area contributed by atoms with Gasteiger partial charge in [-0.3, -0.25) is 4.79 Å². The number of halogens is 2. The van der Waals surface area contributed by atoms with Crippen LogP contribution in [-0.2, 0) is 6.42 Å². The van der Waals surface area contributed by atoms with E-state index in [1.165, 1.54) is 0 Å². The molecule has 0 aliphatic carbocycles. The van der Waals surface area contributed by atoms with Crippen LogP contribution in [0.15, 0.2) is 33.5 Å². The highest BCUT2D eigenvalue weighted by Crippen LogP contribution is 2.42. The van der Waals surface area contributed by atoms with Crippen LogP contribution in [0.5, 0.6) is 0 Å². The standard InChI is InChI=1S/C16H14BrClN4O2/c17-11-7-9(1-3-12(11)18)19-16(24)22-10-2-4-13(22)15-8(5-10)6-14(23)20-21-15/h1,3,6-7,10,13H,2,4-5H2,(H,19,24)(H,20,23). The van der Waals surface area contributed by atoms with Crippen molar-refractivity contribution in [1.82, 2.24) is 15.1 Å². The number of hydrogen-bond acceptors (Lipinski definition) is 3. The summed E-state index contributed by atoms with van der Waals surface area (Å²) >= 11 is 9.34. The molecule has 0 saturated carbocycles. The van der Waals surface area contributed by atoms with Crippen molar-refractivity contribution in [3.05, 3.63) is 55.4 Å². The van der Waals surface area contributed by atoms with Crippen LogP contribution >= 0.6 is 27.5 Å². The van der Waals surface area contributed by atoms with E-state index < -0.39 is 0 Å². The molecule has 2 unspecified atom stereocenters. The number of H-pyrrole nitrogens is 1. The summed E-state index contributed by atoms with van der Waals surface area (Å²) in [6.07, 6.45) is 2.43. The normalized spacial score (nSPS) is 21.5. The molecule has 4 rings (SSSR count). The van der Waals surface area contributed by atoms with Gasteiger partial charge in [0.1, 0.15) is 0 Å². The van der Waals surface area contributed by atoms with Gasteiger partial charge in [-0.05, 0) is 59.0 Å². The molecule has 1 aromatic carbocycles. The molecule has 2 N–H and O–H groups in total. The molecule has 1 aromatic heterocycles. The quantitative estimate of drug-likeness (QED) is 0.757. The zero-order chi connectivity index (χ0) is 16.8. The van der Waals surface area contributed by atoms with Gasteiger partial charge in [0.25, 0.3) is 5.56 Å². The molecule has 0 radical (unpaired) electrons. The maximum Gasteiger partial charge on any atom is 0.322 e. The smallest absolute Gasteiger partial charge is 0.313 e. The fraction of sp³-hybridized carbons (Fsp3) is 0.312. The highest BCUT2D eigenvalue weighted by atomic mass is 79.9. The number of nitrogens with one attached hydrogen (secondary N) is 2. The number of aromatic amines is 1. The third kappa shape index (κ3) is 2.61. The van der Waals surface area contributed by atoms with Gasteiger partial charge in [0.15, 0.2) is 0 Å². The number of nitrogens with zero attached hydrogens (tertiary/aromatic N) is 2. The van der Waals surface area contributed by atoms with Crippen LogP contribution in [-0.4, -0.2) is 27.2 Å². The number of carbonyl (C=O) groups is 1. The van der Waals surface area contributed by atoms with Crippen molar-refractivity contribution in [2.24, 2.45) is 0 Å². The Balaban J connectivity index is 1.60. The van der Waals surface area contributed by atoms with Crippen LogP contribution in [0.2, 0.25) is 5.02 Å². The molecule has 2 aliphatic heterocycles. The second-order valence-corrected chi connectivity index (χ2v) is 7.32. The third-order valence-corrected chi connectivity index (χ3v) is 5.81. The van der Waals surface area contributed by atoms with Gasteiger partial charge in [0, 0.05) is 22.3 Å². The van der Waals surface area contributed by atoms with Gasteiger partial charge in [0.05, 0.1) is 16.8 Å². The number of amides is 2. The summed E-state index contributed by atoms with van der Waals surface area (Å²) in [7, 11) is 0. The lowest BCUT2D eigenvalue weighted by Gasteiger charge is -2.35. The zero-order valence-corrected chi connectivity index (χ0v) is 14.9. The minimum atomic E-state index is -0.197. The monoisotopic (exact) mass is 408 g/mol. The van der Waals surface area contributed by atoms with Crippen LogP contribution in [0, 0.1) is 0 Å². The number of anilines is 1. The Kier molecular flexibility index (Phi) is 3.85. The molecule has 3 heterocycles. The van der Waals surface area contributed by atoms with E-state index in [1.807, 2.05) is 4.90 Å². The van der Waals surface area contributed by atoms with Gasteiger partial charge < -0.3 is 10.2 Å². The van der Waals surface area contributed by atoms with Crippen LogP contribution < -0.4 is 10.9 Å². The average Bonchev–Trinajstić information content (AvgIpc) is 2.86. The molecule has 2 aliphatic rings. The van der Waals surface area contributed by atoms with Crippen LogP contribution in [0.1, 0.15) is 30.1 Å². The first-order valence-electron chi connectivity index (χ1n) is 7.66. The number of urea groups is 1. The number of carbonyl (C=O) groups excluding carboxylic acids is 1. The molecule has 2 amide bonds. The largest absolute Gasteiger partial charge is 0.322 e. The van der Waals surface area contributed by atoms with Gasteiger partial charge in [-0.1, -0.05) is 11.6 Å². The van der Waals surface area contributed by atoms with Crippen molar-refractivity contribution in [2.45, 2.75) is 31.3 Å². The fourth-order valence-electron chi connectivity index (χ4n) is 3.58. The number of hydrogen-bond donors (Lipinski definition) is 2. The van der Waals surface area contributed by atoms with Crippen molar-refractivity contribution in [3.63, 3.8) is 0 Å². The topological polar surface area (TPSA) is 78.1 Å². The molecule has 124 valence electrons. The lowest BCUT2D eigenvalue weighted by Crippen LogP contribution is -2.45. The van der Waals surface area contributed by atoms with Gasteiger partial charge in [0.2, 0.25) is 0 Å². The molecule has 1 fully saturated rings. The maximum atomic E-state index is 12.8. The molecule has 2 atom stereocenters. The number of rotatable bonds is 1. The Morgan fingerprint density at radius 2 is 2.21 bits per heavy atom. The van der Waals surface area contributed by atoms with E-state index in [0.29, 0.717) is 17.1 Å². The summed E-state index contributed by atoms with van der Waals surface area (Å²) in [6, 6.07) is 6.71. The van der Waals surface area contributed by atoms with E-state index in [-0.39, 0.29) is 23.7 Å². The van der Waals surface area contributed by atoms with E-state index in [2.05, 4.69) is 31.4 Å². The van der Waals surface area contributed by atoms with E-state index in [4.69, 9.17) is 11.6 Å². The third-order valence-electron chi connectivity index (χ3n) is 4.60. The average molecular weight is 410 g/mol. The van der Waals surface area contributed by atoms with E-state index in [0.717, 1.165) is 28.6 Å². The first-order valence-corrected chi connectivity index (χ1v) is 8.83. The second kappa shape index (κ2) is 5.89. The Morgan fingerprint density at radius 1 is 1.38 bits per heavy atom. The Morgan fingerprint density at radius 3 is 3.00 bits per heavy atom. The summed E-state index contributed by atoms with van der Waals surface area (Å²) < 4.78 is 0.730. The fourth-order valence-corrected chi connectivity index (χ4v) is 4.07. The first kappa shape index (κ1) is 15.7. The number of fused-ring (bicyclic) bond motifs is 4. The minimum absolute atomic E-state index is 0.0914. The second-order valence-electron chi connectivity index (χ2n) is 6.06. The van der Waals surface area contributed by atoms with Crippen LogP contribution in [0.3, 0.4) is 0 Å². The van der Waals surface area contributed by atoms with E-state index in [1.54, 1.807) is 24.3 Å². The van der Waals surface area contributed by atoms with Crippen molar-refractivity contribution < 1.29 is 4.79 Å². The lowest BCUT2D eigenvalue weighted by atomic mass is 9.99. The highest BCUT2D eigenvalue weighted by molar-refractivity contribution is 9.10. The van der Waals surface area contributed by atoms with Crippen molar-refractivity contribution in [2.75, 3.05) is 5.32 Å².